The number of rotatable bonds is 7. The van der Waals surface area contributed by atoms with Gasteiger partial charge in [0, 0.05) is 16.7 Å². The molecular weight excluding hydrogens is 489 g/mol. The fourth-order valence-electron chi connectivity index (χ4n) is 3.92. The fraction of sp³-hybridized carbons (Fsp3) is 0.269. The average molecular weight is 514 g/mol. The number of carbonyl (C=O) groups is 2. The van der Waals surface area contributed by atoms with Gasteiger partial charge in [-0.25, -0.2) is 9.37 Å². The molecule has 0 radical (unpaired) electrons. The first-order valence-corrected chi connectivity index (χ1v) is 11.4. The van der Waals surface area contributed by atoms with Gasteiger partial charge in [-0.3, -0.25) is 9.59 Å². The highest BCUT2D eigenvalue weighted by atomic mass is 35.5. The number of ether oxygens (including phenoxy) is 2. The van der Waals surface area contributed by atoms with Crippen molar-refractivity contribution in [2.45, 2.75) is 24.9 Å². The molecule has 2 aromatic carbocycles. The first kappa shape index (κ1) is 25.4. The molecule has 0 spiro atoms. The van der Waals surface area contributed by atoms with Crippen LogP contribution in [0.1, 0.15) is 35.5 Å². The molecule has 1 aliphatic heterocycles. The summed E-state index contributed by atoms with van der Waals surface area (Å²) in [5, 5.41) is 14.3. The molecule has 3 aromatic rings. The second kappa shape index (κ2) is 9.40. The lowest BCUT2D eigenvalue weighted by atomic mass is 9.82. The number of aliphatic hydroxyl groups is 1. The van der Waals surface area contributed by atoms with Gasteiger partial charge in [0.25, 0.3) is 5.91 Å². The Bertz CT molecular complexity index is 1350. The van der Waals surface area contributed by atoms with E-state index in [1.165, 1.54) is 44.4 Å². The Kier molecular flexibility index (Phi) is 6.64. The predicted octanol–water partition coefficient (Wildman–Crippen LogP) is 3.32. The van der Waals surface area contributed by atoms with Crippen LogP contribution in [0.25, 0.3) is 11.3 Å². The Labute approximate surface area is 212 Å². The number of methoxy groups -OCH3 is 1. The summed E-state index contributed by atoms with van der Waals surface area (Å²) in [6.07, 6.45) is 0. The fourth-order valence-corrected chi connectivity index (χ4v) is 4.18. The Morgan fingerprint density at radius 3 is 2.58 bits per heavy atom. The van der Waals surface area contributed by atoms with Crippen molar-refractivity contribution in [2.75, 3.05) is 20.3 Å². The standard InChI is InChI=1S/C26H25ClFN3O5/c1-25(24(29)33)13-36-22-17(25)11-20(31-21(22)14-4-7-16(28)8-5-14)26(2,34)12-30-23(32)15-6-9-19(35-3)18(27)10-15/h4-11,34H,12-13H2,1-3H3,(H2,29,33)(H,30,32)/t25-,26-/m0/s1. The van der Waals surface area contributed by atoms with Gasteiger partial charge in [0.15, 0.2) is 0 Å². The zero-order valence-electron chi connectivity index (χ0n) is 19.9. The van der Waals surface area contributed by atoms with E-state index in [9.17, 15) is 19.1 Å². The third-order valence-corrected chi connectivity index (χ3v) is 6.59. The molecule has 2 heterocycles. The number of aromatic nitrogens is 1. The van der Waals surface area contributed by atoms with E-state index >= 15 is 0 Å². The Balaban J connectivity index is 1.70. The van der Waals surface area contributed by atoms with Gasteiger partial charge < -0.3 is 25.6 Å². The Hall–Kier alpha value is -3.69. The minimum atomic E-state index is -1.66. The molecule has 1 aliphatic rings. The number of hydrogen-bond donors (Lipinski definition) is 3. The van der Waals surface area contributed by atoms with Gasteiger partial charge in [-0.2, -0.15) is 0 Å². The number of hydrogen-bond acceptors (Lipinski definition) is 6. The number of carbonyl (C=O) groups excluding carboxylic acids is 2. The summed E-state index contributed by atoms with van der Waals surface area (Å²) in [5.74, 6) is -0.740. The van der Waals surface area contributed by atoms with E-state index in [2.05, 4.69) is 10.3 Å². The molecule has 0 saturated heterocycles. The van der Waals surface area contributed by atoms with E-state index in [-0.39, 0.29) is 29.4 Å². The van der Waals surface area contributed by atoms with Gasteiger partial charge >= 0.3 is 0 Å². The van der Waals surface area contributed by atoms with E-state index in [1.807, 2.05) is 0 Å². The molecule has 0 saturated carbocycles. The number of nitrogens with zero attached hydrogens (tertiary/aromatic N) is 1. The molecule has 0 bridgehead atoms. The first-order chi connectivity index (χ1) is 17.0. The van der Waals surface area contributed by atoms with Crippen LogP contribution in [0, 0.1) is 5.82 Å². The molecule has 4 N–H and O–H groups in total. The van der Waals surface area contributed by atoms with Crippen LogP contribution in [0.4, 0.5) is 4.39 Å². The van der Waals surface area contributed by atoms with E-state index in [0.29, 0.717) is 28.3 Å². The second-order valence-electron chi connectivity index (χ2n) is 9.03. The lowest BCUT2D eigenvalue weighted by Gasteiger charge is -2.26. The van der Waals surface area contributed by atoms with Crippen molar-refractivity contribution < 1.29 is 28.6 Å². The quantitative estimate of drug-likeness (QED) is 0.445. The Morgan fingerprint density at radius 1 is 1.28 bits per heavy atom. The van der Waals surface area contributed by atoms with Crippen molar-refractivity contribution in [3.63, 3.8) is 0 Å². The van der Waals surface area contributed by atoms with Crippen LogP contribution in [0.15, 0.2) is 48.5 Å². The average Bonchev–Trinajstić information content (AvgIpc) is 3.20. The third kappa shape index (κ3) is 4.59. The largest absolute Gasteiger partial charge is 0.495 e. The summed E-state index contributed by atoms with van der Waals surface area (Å²) in [7, 11) is 1.47. The van der Waals surface area contributed by atoms with Crippen molar-refractivity contribution >= 4 is 23.4 Å². The number of halogens is 2. The molecule has 8 nitrogen and oxygen atoms in total. The minimum absolute atomic E-state index is 0.00585. The maximum absolute atomic E-state index is 13.5. The zero-order chi connectivity index (χ0) is 26.3. The van der Waals surface area contributed by atoms with E-state index < -0.39 is 28.6 Å². The van der Waals surface area contributed by atoms with E-state index in [1.54, 1.807) is 25.1 Å². The molecule has 188 valence electrons. The van der Waals surface area contributed by atoms with Crippen molar-refractivity contribution in [3.05, 3.63) is 76.2 Å². The van der Waals surface area contributed by atoms with Gasteiger partial charge in [0.05, 0.1) is 24.4 Å². The van der Waals surface area contributed by atoms with Gasteiger partial charge in [0.2, 0.25) is 5.91 Å². The topological polar surface area (TPSA) is 124 Å². The van der Waals surface area contributed by atoms with Crippen LogP contribution in [0.2, 0.25) is 5.02 Å². The maximum atomic E-state index is 13.5. The number of pyridine rings is 1. The zero-order valence-corrected chi connectivity index (χ0v) is 20.6. The summed E-state index contributed by atoms with van der Waals surface area (Å²) in [5.41, 5.74) is 4.61. The molecule has 0 unspecified atom stereocenters. The smallest absolute Gasteiger partial charge is 0.251 e. The number of benzene rings is 2. The van der Waals surface area contributed by atoms with Crippen LogP contribution < -0.4 is 20.5 Å². The summed E-state index contributed by atoms with van der Waals surface area (Å²) in [6.45, 7) is 2.91. The Morgan fingerprint density at radius 2 is 1.97 bits per heavy atom. The molecule has 2 atom stereocenters. The number of amides is 2. The van der Waals surface area contributed by atoms with Crippen molar-refractivity contribution in [3.8, 4) is 22.8 Å². The van der Waals surface area contributed by atoms with Crippen molar-refractivity contribution in [1.82, 2.24) is 10.3 Å². The van der Waals surface area contributed by atoms with Gasteiger partial charge in [-0.1, -0.05) is 11.6 Å². The summed E-state index contributed by atoms with van der Waals surface area (Å²) in [4.78, 5) is 29.6. The first-order valence-electron chi connectivity index (χ1n) is 11.0. The van der Waals surface area contributed by atoms with E-state index in [4.69, 9.17) is 26.8 Å². The minimum Gasteiger partial charge on any atom is -0.495 e. The van der Waals surface area contributed by atoms with Crippen molar-refractivity contribution in [2.24, 2.45) is 5.73 Å². The van der Waals surface area contributed by atoms with Crippen LogP contribution in [-0.4, -0.2) is 42.2 Å². The van der Waals surface area contributed by atoms with Gasteiger partial charge in [0.1, 0.15) is 40.6 Å². The summed E-state index contributed by atoms with van der Waals surface area (Å²) in [6, 6.07) is 11.7. The molecule has 4 rings (SSSR count). The maximum Gasteiger partial charge on any atom is 0.251 e. The van der Waals surface area contributed by atoms with Crippen LogP contribution in [0.3, 0.4) is 0 Å². The monoisotopic (exact) mass is 513 g/mol. The third-order valence-electron chi connectivity index (χ3n) is 6.29. The normalized spacial score (nSPS) is 18.1. The number of fused-ring (bicyclic) bond motifs is 1. The highest BCUT2D eigenvalue weighted by molar-refractivity contribution is 6.32. The number of nitrogens with one attached hydrogen (secondary N) is 1. The molecule has 0 aliphatic carbocycles. The molecular formula is C26H25ClFN3O5. The summed E-state index contributed by atoms with van der Waals surface area (Å²) < 4.78 is 24.5. The molecule has 1 aromatic heterocycles. The van der Waals surface area contributed by atoms with Crippen molar-refractivity contribution in [1.29, 1.82) is 0 Å². The molecule has 0 fully saturated rings. The lowest BCUT2D eigenvalue weighted by molar-refractivity contribution is -0.123. The molecule has 2 amide bonds. The lowest BCUT2D eigenvalue weighted by Crippen LogP contribution is -2.41. The molecule has 36 heavy (non-hydrogen) atoms. The number of primary amides is 1. The molecule has 10 heteroatoms. The highest BCUT2D eigenvalue weighted by Gasteiger charge is 2.45. The van der Waals surface area contributed by atoms with Crippen LogP contribution >= 0.6 is 11.6 Å². The van der Waals surface area contributed by atoms with Crippen LogP contribution in [-0.2, 0) is 15.8 Å². The number of nitrogens with two attached hydrogens (primary N) is 1. The SMILES string of the molecule is COc1ccc(C(=O)NC[C@](C)(O)c2cc3c(c(-c4ccc(F)cc4)n2)OC[C@]3(C)C(N)=O)cc1Cl. The van der Waals surface area contributed by atoms with Crippen LogP contribution in [0.5, 0.6) is 11.5 Å². The van der Waals surface area contributed by atoms with Gasteiger partial charge in [-0.05, 0) is 62.4 Å². The second-order valence-corrected chi connectivity index (χ2v) is 9.44. The summed E-state index contributed by atoms with van der Waals surface area (Å²) >= 11 is 6.11. The predicted molar refractivity (Wildman–Crippen MR) is 132 cm³/mol. The highest BCUT2D eigenvalue weighted by Crippen LogP contribution is 2.45. The van der Waals surface area contributed by atoms with E-state index in [0.717, 1.165) is 0 Å². The van der Waals surface area contributed by atoms with Gasteiger partial charge in [-0.15, -0.1) is 0 Å².